The Labute approximate surface area is 142 Å². The van der Waals surface area contributed by atoms with E-state index in [1.807, 2.05) is 32.0 Å². The van der Waals surface area contributed by atoms with Crippen molar-refractivity contribution in [3.8, 4) is 0 Å². The molecule has 0 bridgehead atoms. The van der Waals surface area contributed by atoms with Crippen LogP contribution in [0.15, 0.2) is 24.3 Å². The van der Waals surface area contributed by atoms with E-state index in [2.05, 4.69) is 10.6 Å². The Hall–Kier alpha value is -2.41. The smallest absolute Gasteiger partial charge is 0.285 e. The van der Waals surface area contributed by atoms with Crippen molar-refractivity contribution in [3.63, 3.8) is 0 Å². The van der Waals surface area contributed by atoms with Crippen molar-refractivity contribution in [2.45, 2.75) is 26.8 Å². The van der Waals surface area contributed by atoms with E-state index in [1.165, 1.54) is 4.90 Å². The quantitative estimate of drug-likeness (QED) is 0.650. The van der Waals surface area contributed by atoms with Gasteiger partial charge in [-0.1, -0.05) is 12.1 Å². The van der Waals surface area contributed by atoms with Gasteiger partial charge in [0.25, 0.3) is 11.8 Å². The molecule has 7 nitrogen and oxygen atoms in total. The van der Waals surface area contributed by atoms with Crippen LogP contribution in [-0.2, 0) is 14.4 Å². The Balaban J connectivity index is 2.17. The minimum absolute atomic E-state index is 0.00165. The normalized spacial score (nSPS) is 16.0. The van der Waals surface area contributed by atoms with E-state index in [9.17, 15) is 14.4 Å². The summed E-state index contributed by atoms with van der Waals surface area (Å²) >= 11 is 0. The zero-order valence-electron chi connectivity index (χ0n) is 14.4. The van der Waals surface area contributed by atoms with Gasteiger partial charge in [0.1, 0.15) is 6.54 Å². The summed E-state index contributed by atoms with van der Waals surface area (Å²) in [7, 11) is 0. The van der Waals surface area contributed by atoms with E-state index in [-0.39, 0.29) is 30.8 Å². The zero-order chi connectivity index (χ0) is 17.7. The summed E-state index contributed by atoms with van der Waals surface area (Å²) in [6, 6.07) is 6.82. The summed E-state index contributed by atoms with van der Waals surface area (Å²) in [5.41, 5.74) is 1.33. The third-order valence-corrected chi connectivity index (χ3v) is 4.24. The van der Waals surface area contributed by atoms with Crippen LogP contribution in [0.1, 0.15) is 20.8 Å². The molecule has 3 amide bonds. The molecule has 24 heavy (non-hydrogen) atoms. The highest BCUT2D eigenvalue weighted by Gasteiger charge is 2.34. The van der Waals surface area contributed by atoms with E-state index >= 15 is 0 Å². The lowest BCUT2D eigenvalue weighted by Crippen LogP contribution is -3.17. The average Bonchev–Trinajstić information content (AvgIpc) is 2.57. The fourth-order valence-electron chi connectivity index (χ4n) is 2.89. The number of para-hydroxylation sites is 2. The van der Waals surface area contributed by atoms with Crippen molar-refractivity contribution < 1.29 is 19.3 Å². The molecule has 0 aromatic heterocycles. The van der Waals surface area contributed by atoms with Crippen LogP contribution in [0.5, 0.6) is 0 Å². The Morgan fingerprint density at radius 3 is 2.71 bits per heavy atom. The van der Waals surface area contributed by atoms with Crippen LogP contribution in [0.3, 0.4) is 0 Å². The van der Waals surface area contributed by atoms with Crippen molar-refractivity contribution in [3.05, 3.63) is 24.3 Å². The van der Waals surface area contributed by atoms with E-state index in [0.29, 0.717) is 24.5 Å². The van der Waals surface area contributed by atoms with Gasteiger partial charge in [-0.2, -0.15) is 0 Å². The van der Waals surface area contributed by atoms with Crippen molar-refractivity contribution >= 4 is 29.1 Å². The molecule has 2 rings (SSSR count). The highest BCUT2D eigenvalue weighted by Crippen LogP contribution is 2.29. The Bertz CT molecular complexity index is 632. The third-order valence-electron chi connectivity index (χ3n) is 4.24. The average molecular weight is 333 g/mol. The fourth-order valence-corrected chi connectivity index (χ4v) is 2.89. The summed E-state index contributed by atoms with van der Waals surface area (Å²) in [5.74, 6) is -0.444. The Kier molecular flexibility index (Phi) is 5.92. The molecule has 0 radical (unpaired) electrons. The maximum atomic E-state index is 12.9. The number of fused-ring (bicyclic) bond motifs is 1. The van der Waals surface area contributed by atoms with Crippen LogP contribution in [0, 0.1) is 0 Å². The van der Waals surface area contributed by atoms with Gasteiger partial charge in [0.15, 0.2) is 12.6 Å². The van der Waals surface area contributed by atoms with Gasteiger partial charge in [-0.05, 0) is 32.9 Å². The lowest BCUT2D eigenvalue weighted by Gasteiger charge is -2.32. The first-order valence-corrected chi connectivity index (χ1v) is 8.29. The number of carbonyl (C=O) groups excluding carboxylic acids is 3. The van der Waals surface area contributed by atoms with E-state index in [0.717, 1.165) is 4.90 Å². The molecule has 0 spiro atoms. The lowest BCUT2D eigenvalue weighted by atomic mass is 10.1. The topological polar surface area (TPSA) is 83.0 Å². The molecule has 1 heterocycles. The molecule has 1 unspecified atom stereocenters. The van der Waals surface area contributed by atoms with Crippen LogP contribution < -0.4 is 20.4 Å². The van der Waals surface area contributed by atoms with Crippen molar-refractivity contribution in [1.82, 2.24) is 5.32 Å². The second-order valence-electron chi connectivity index (χ2n) is 5.85. The van der Waals surface area contributed by atoms with Gasteiger partial charge in [-0.3, -0.25) is 19.3 Å². The minimum Gasteiger partial charge on any atom is -0.351 e. The first kappa shape index (κ1) is 17.9. The number of amides is 3. The molecule has 0 saturated carbocycles. The zero-order valence-corrected chi connectivity index (χ0v) is 14.4. The lowest BCUT2D eigenvalue weighted by molar-refractivity contribution is -0.904. The number of hydrogen-bond acceptors (Lipinski definition) is 3. The van der Waals surface area contributed by atoms with Gasteiger partial charge in [0.05, 0.1) is 17.9 Å². The van der Waals surface area contributed by atoms with Gasteiger partial charge in [0, 0.05) is 6.54 Å². The second kappa shape index (κ2) is 7.92. The fraction of sp³-hybridized carbons (Fsp3) is 0.471. The molecular weight excluding hydrogens is 308 g/mol. The van der Waals surface area contributed by atoms with Crippen LogP contribution >= 0.6 is 0 Å². The molecule has 0 aliphatic carbocycles. The summed E-state index contributed by atoms with van der Waals surface area (Å²) in [6.07, 6.45) is 0. The molecule has 0 fully saturated rings. The summed E-state index contributed by atoms with van der Waals surface area (Å²) in [4.78, 5) is 39.1. The first-order chi connectivity index (χ1) is 11.5. The first-order valence-electron chi connectivity index (χ1n) is 8.29. The van der Waals surface area contributed by atoms with E-state index in [1.54, 1.807) is 13.0 Å². The van der Waals surface area contributed by atoms with E-state index in [4.69, 9.17) is 0 Å². The number of carbonyl (C=O) groups is 3. The van der Waals surface area contributed by atoms with Crippen LogP contribution in [0.2, 0.25) is 0 Å². The van der Waals surface area contributed by atoms with Crippen LogP contribution in [-0.4, -0.2) is 49.9 Å². The SMILES string of the molecule is CCNC(=O)C[NH+](CC)[C@@H](C)C(=O)N1CC(=O)Nc2ccccc21. The highest BCUT2D eigenvalue weighted by molar-refractivity contribution is 6.10. The number of nitrogens with one attached hydrogen (secondary N) is 3. The maximum absolute atomic E-state index is 12.9. The Morgan fingerprint density at radius 2 is 2.04 bits per heavy atom. The van der Waals surface area contributed by atoms with Gasteiger partial charge in [-0.15, -0.1) is 0 Å². The number of anilines is 2. The summed E-state index contributed by atoms with van der Waals surface area (Å²) < 4.78 is 0. The van der Waals surface area contributed by atoms with Crippen molar-refractivity contribution in [1.29, 1.82) is 0 Å². The van der Waals surface area contributed by atoms with Crippen molar-refractivity contribution in [2.24, 2.45) is 0 Å². The number of nitrogens with zero attached hydrogens (tertiary/aromatic N) is 1. The molecule has 7 heteroatoms. The number of quaternary nitrogens is 1. The predicted molar refractivity (Wildman–Crippen MR) is 91.9 cm³/mol. The molecule has 1 aromatic carbocycles. The minimum atomic E-state index is -0.420. The number of benzene rings is 1. The molecule has 130 valence electrons. The van der Waals surface area contributed by atoms with Gasteiger partial charge >= 0.3 is 0 Å². The molecular formula is C17H25N4O3+. The van der Waals surface area contributed by atoms with E-state index < -0.39 is 6.04 Å². The molecule has 2 atom stereocenters. The number of rotatable bonds is 6. The summed E-state index contributed by atoms with van der Waals surface area (Å²) in [5, 5.41) is 5.53. The third kappa shape index (κ3) is 3.91. The second-order valence-corrected chi connectivity index (χ2v) is 5.85. The van der Waals surface area contributed by atoms with Crippen LogP contribution in [0.4, 0.5) is 11.4 Å². The molecule has 1 aliphatic heterocycles. The molecule has 1 aromatic rings. The van der Waals surface area contributed by atoms with Crippen molar-refractivity contribution in [2.75, 3.05) is 36.4 Å². The maximum Gasteiger partial charge on any atom is 0.285 e. The Morgan fingerprint density at radius 1 is 1.33 bits per heavy atom. The number of likely N-dealkylation sites (N-methyl/N-ethyl adjacent to an activating group) is 2. The van der Waals surface area contributed by atoms with Crippen LogP contribution in [0.25, 0.3) is 0 Å². The number of hydrogen-bond donors (Lipinski definition) is 3. The van der Waals surface area contributed by atoms with Gasteiger partial charge < -0.3 is 15.5 Å². The predicted octanol–water partition coefficient (Wildman–Crippen LogP) is -0.599. The largest absolute Gasteiger partial charge is 0.351 e. The standard InChI is InChI=1S/C17H24N4O3/c1-4-18-15(22)10-20(5-2)12(3)17(24)21-11-16(23)19-13-8-6-7-9-14(13)21/h6-9,12H,4-5,10-11H2,1-3H3,(H,18,22)(H,19,23)/p+1/t12-/m0/s1. The molecule has 0 saturated heterocycles. The monoisotopic (exact) mass is 333 g/mol. The molecule has 3 N–H and O–H groups in total. The van der Waals surface area contributed by atoms with Gasteiger partial charge in [0.2, 0.25) is 5.91 Å². The van der Waals surface area contributed by atoms with Gasteiger partial charge in [-0.25, -0.2) is 0 Å². The highest BCUT2D eigenvalue weighted by atomic mass is 16.2. The summed E-state index contributed by atoms with van der Waals surface area (Å²) in [6.45, 7) is 7.05. The molecule has 1 aliphatic rings.